The lowest BCUT2D eigenvalue weighted by Crippen LogP contribution is -1.78. The Labute approximate surface area is 59.4 Å². The molecule has 0 aliphatic heterocycles. The van der Waals surface area contributed by atoms with E-state index < -0.39 is 0 Å². The van der Waals surface area contributed by atoms with Crippen LogP contribution < -0.4 is 5.73 Å². The fraction of sp³-hybridized carbons (Fsp3) is 0.333. The summed E-state index contributed by atoms with van der Waals surface area (Å²) in [4.78, 5) is 9.83. The number of rotatable bonds is 2. The van der Waals surface area contributed by atoms with Gasteiger partial charge in [-0.1, -0.05) is 0 Å². The third-order valence-corrected chi connectivity index (χ3v) is 0.874. The number of aromatic amines is 1. The lowest BCUT2D eigenvalue weighted by atomic mass is 10.3. The van der Waals surface area contributed by atoms with Crippen LogP contribution in [-0.2, 0) is 11.2 Å². The molecule has 0 saturated heterocycles. The van der Waals surface area contributed by atoms with Crippen LogP contribution in [0.25, 0.3) is 0 Å². The maximum atomic E-state index is 9.83. The number of aromatic nitrogens is 2. The highest BCUT2D eigenvalue weighted by Crippen LogP contribution is 1.90. The molecule has 0 bridgehead atoms. The van der Waals surface area contributed by atoms with Gasteiger partial charge in [-0.15, -0.1) is 0 Å². The summed E-state index contributed by atoms with van der Waals surface area (Å²) in [6.45, 7) is 0. The van der Waals surface area contributed by atoms with E-state index in [9.17, 15) is 4.79 Å². The highest BCUT2D eigenvalue weighted by atomic mass is 16.1. The predicted molar refractivity (Wildman–Crippen MR) is 38.5 cm³/mol. The molecule has 4 nitrogen and oxygen atoms in total. The van der Waals surface area contributed by atoms with E-state index in [2.05, 4.69) is 15.9 Å². The Kier molecular flexibility index (Phi) is 5.28. The molecular weight excluding hydrogens is 130 g/mol. The number of hydrogen-bond donors (Lipinski definition) is 2. The lowest BCUT2D eigenvalue weighted by molar-refractivity contribution is -0.107. The number of aldehydes is 1. The standard InChI is InChI=1S/C5H6N2O.CH5N/c8-2-1-5-3-6-7-4-5;1-2/h2-4H,1H2,(H,6,7);2H2,1H3. The van der Waals surface area contributed by atoms with Gasteiger partial charge in [-0.05, 0) is 12.6 Å². The second-order valence-corrected chi connectivity index (χ2v) is 1.48. The Morgan fingerprint density at radius 1 is 1.80 bits per heavy atom. The van der Waals surface area contributed by atoms with Gasteiger partial charge in [-0.25, -0.2) is 0 Å². The van der Waals surface area contributed by atoms with Crippen LogP contribution in [0.5, 0.6) is 0 Å². The Bertz CT molecular complexity index is 160. The van der Waals surface area contributed by atoms with Gasteiger partial charge in [0.1, 0.15) is 6.29 Å². The van der Waals surface area contributed by atoms with Gasteiger partial charge in [0.15, 0.2) is 0 Å². The molecule has 0 amide bonds. The van der Waals surface area contributed by atoms with Crippen LogP contribution in [0.3, 0.4) is 0 Å². The first-order valence-electron chi connectivity index (χ1n) is 2.92. The van der Waals surface area contributed by atoms with Crippen molar-refractivity contribution in [3.63, 3.8) is 0 Å². The average Bonchev–Trinajstić information content (AvgIpc) is 2.46. The Hall–Kier alpha value is -1.16. The molecule has 0 aromatic carbocycles. The molecule has 0 spiro atoms. The Morgan fingerprint density at radius 2 is 2.50 bits per heavy atom. The van der Waals surface area contributed by atoms with Crippen molar-refractivity contribution in [3.8, 4) is 0 Å². The topological polar surface area (TPSA) is 71.8 Å². The van der Waals surface area contributed by atoms with Crippen LogP contribution in [0.1, 0.15) is 5.56 Å². The zero-order valence-electron chi connectivity index (χ0n) is 5.87. The van der Waals surface area contributed by atoms with Crippen LogP contribution in [0.2, 0.25) is 0 Å². The van der Waals surface area contributed by atoms with Crippen molar-refractivity contribution in [2.45, 2.75) is 6.42 Å². The lowest BCUT2D eigenvalue weighted by Gasteiger charge is -1.76. The van der Waals surface area contributed by atoms with Crippen molar-refractivity contribution in [2.75, 3.05) is 7.05 Å². The molecule has 1 rings (SSSR count). The van der Waals surface area contributed by atoms with E-state index in [0.717, 1.165) is 11.8 Å². The fourth-order valence-electron chi connectivity index (χ4n) is 0.485. The smallest absolute Gasteiger partial charge is 0.124 e. The third kappa shape index (κ3) is 2.99. The van der Waals surface area contributed by atoms with E-state index in [0.29, 0.717) is 6.42 Å². The van der Waals surface area contributed by atoms with E-state index >= 15 is 0 Å². The van der Waals surface area contributed by atoms with Gasteiger partial charge in [0.2, 0.25) is 0 Å². The van der Waals surface area contributed by atoms with Gasteiger partial charge in [0.05, 0.1) is 6.20 Å². The van der Waals surface area contributed by atoms with Crippen LogP contribution in [-0.4, -0.2) is 23.5 Å². The van der Waals surface area contributed by atoms with Gasteiger partial charge in [0, 0.05) is 12.6 Å². The summed E-state index contributed by atoms with van der Waals surface area (Å²) in [5.41, 5.74) is 5.43. The van der Waals surface area contributed by atoms with Crippen LogP contribution in [0.15, 0.2) is 12.4 Å². The number of nitrogens with one attached hydrogen (secondary N) is 1. The van der Waals surface area contributed by atoms with Crippen molar-refractivity contribution in [1.29, 1.82) is 0 Å². The van der Waals surface area contributed by atoms with Gasteiger partial charge >= 0.3 is 0 Å². The second-order valence-electron chi connectivity index (χ2n) is 1.48. The summed E-state index contributed by atoms with van der Waals surface area (Å²) in [7, 11) is 1.50. The van der Waals surface area contributed by atoms with E-state index in [-0.39, 0.29) is 0 Å². The molecule has 0 saturated carbocycles. The Balaban J connectivity index is 0.000000371. The summed E-state index contributed by atoms with van der Waals surface area (Å²) in [6.07, 6.45) is 4.64. The summed E-state index contributed by atoms with van der Waals surface area (Å²) < 4.78 is 0. The summed E-state index contributed by atoms with van der Waals surface area (Å²) in [5.74, 6) is 0. The van der Waals surface area contributed by atoms with E-state index in [1.807, 2.05) is 0 Å². The molecule has 10 heavy (non-hydrogen) atoms. The number of nitrogens with zero attached hydrogens (tertiary/aromatic N) is 1. The summed E-state index contributed by atoms with van der Waals surface area (Å²) in [5, 5.41) is 6.26. The van der Waals surface area contributed by atoms with Crippen molar-refractivity contribution < 1.29 is 4.79 Å². The maximum absolute atomic E-state index is 9.83. The molecule has 4 heteroatoms. The number of H-pyrrole nitrogens is 1. The van der Waals surface area contributed by atoms with E-state index in [1.165, 1.54) is 7.05 Å². The van der Waals surface area contributed by atoms with Crippen molar-refractivity contribution in [1.82, 2.24) is 10.2 Å². The predicted octanol–water partition coefficient (Wildman–Crippen LogP) is -0.274. The molecule has 1 heterocycles. The van der Waals surface area contributed by atoms with Crippen LogP contribution >= 0.6 is 0 Å². The fourth-order valence-corrected chi connectivity index (χ4v) is 0.485. The van der Waals surface area contributed by atoms with Gasteiger partial charge in [-0.2, -0.15) is 5.10 Å². The molecule has 0 radical (unpaired) electrons. The number of hydrogen-bond acceptors (Lipinski definition) is 3. The molecule has 0 fully saturated rings. The highest BCUT2D eigenvalue weighted by Gasteiger charge is 1.87. The van der Waals surface area contributed by atoms with Crippen LogP contribution in [0.4, 0.5) is 0 Å². The summed E-state index contributed by atoms with van der Waals surface area (Å²) in [6, 6.07) is 0. The first-order chi connectivity index (χ1) is 4.93. The first-order valence-corrected chi connectivity index (χ1v) is 2.92. The van der Waals surface area contributed by atoms with Crippen molar-refractivity contribution in [3.05, 3.63) is 18.0 Å². The number of carbonyl (C=O) groups excluding carboxylic acids is 1. The van der Waals surface area contributed by atoms with E-state index in [4.69, 9.17) is 0 Å². The minimum absolute atomic E-state index is 0.455. The molecule has 3 N–H and O–H groups in total. The molecule has 0 aliphatic rings. The van der Waals surface area contributed by atoms with Gasteiger partial charge in [0.25, 0.3) is 0 Å². The first kappa shape index (κ1) is 8.84. The zero-order chi connectivity index (χ0) is 7.82. The highest BCUT2D eigenvalue weighted by molar-refractivity contribution is 5.54. The molecule has 1 aromatic heterocycles. The second kappa shape index (κ2) is 5.97. The van der Waals surface area contributed by atoms with E-state index in [1.54, 1.807) is 12.4 Å². The Morgan fingerprint density at radius 3 is 2.90 bits per heavy atom. The minimum atomic E-state index is 0.455. The number of nitrogens with two attached hydrogens (primary N) is 1. The quantitative estimate of drug-likeness (QED) is 0.557. The molecule has 56 valence electrons. The SMILES string of the molecule is CN.O=CCc1cn[nH]c1. The number of carbonyl (C=O) groups is 1. The van der Waals surface area contributed by atoms with Gasteiger partial charge < -0.3 is 10.5 Å². The third-order valence-electron chi connectivity index (χ3n) is 0.874. The largest absolute Gasteiger partial charge is 0.333 e. The minimum Gasteiger partial charge on any atom is -0.333 e. The molecule has 0 aliphatic carbocycles. The monoisotopic (exact) mass is 141 g/mol. The maximum Gasteiger partial charge on any atom is 0.124 e. The average molecular weight is 141 g/mol. The molecule has 1 aromatic rings. The van der Waals surface area contributed by atoms with Crippen LogP contribution in [0, 0.1) is 0 Å². The summed E-state index contributed by atoms with van der Waals surface area (Å²) >= 11 is 0. The van der Waals surface area contributed by atoms with Crippen molar-refractivity contribution in [2.24, 2.45) is 5.73 Å². The molecular formula is C6H11N3O. The zero-order valence-corrected chi connectivity index (χ0v) is 5.87. The molecule has 0 atom stereocenters. The normalized spacial score (nSPS) is 7.80. The molecule has 0 unspecified atom stereocenters. The van der Waals surface area contributed by atoms with Gasteiger partial charge in [-0.3, -0.25) is 5.10 Å². The van der Waals surface area contributed by atoms with Crippen molar-refractivity contribution >= 4 is 6.29 Å².